The first-order valence-electron chi connectivity index (χ1n) is 7.74. The lowest BCUT2D eigenvalue weighted by atomic mass is 9.84. The normalized spacial score (nSPS) is 25.5. The molecule has 1 aromatic heterocycles. The third-order valence-electron chi connectivity index (χ3n) is 4.96. The van der Waals surface area contributed by atoms with Gasteiger partial charge in [-0.2, -0.15) is 0 Å². The maximum atomic E-state index is 6.43. The first-order chi connectivity index (χ1) is 10.3. The summed E-state index contributed by atoms with van der Waals surface area (Å²) in [5.41, 5.74) is 1.17. The van der Waals surface area contributed by atoms with Crippen LogP contribution in [0, 0.1) is 0 Å². The minimum absolute atomic E-state index is 0.0129. The highest BCUT2D eigenvalue weighted by Gasteiger charge is 2.39. The number of para-hydroxylation sites is 1. The standard InChI is InChI=1S/C17H20ClNO2/c18-15-3-1-2-13-4-8-19(16(13)15)14-5-9-21-17(12-14)6-10-20-11-7-17/h1-4,8,14H,5-7,9-12H2. The molecule has 112 valence electrons. The molecule has 0 N–H and O–H groups in total. The van der Waals surface area contributed by atoms with Crippen molar-refractivity contribution in [1.29, 1.82) is 0 Å². The molecule has 3 nitrogen and oxygen atoms in total. The van der Waals surface area contributed by atoms with E-state index >= 15 is 0 Å². The molecule has 2 aromatic rings. The maximum Gasteiger partial charge on any atom is 0.0746 e. The van der Waals surface area contributed by atoms with Crippen LogP contribution in [0.25, 0.3) is 10.9 Å². The van der Waals surface area contributed by atoms with Crippen molar-refractivity contribution in [2.45, 2.75) is 37.3 Å². The number of nitrogens with zero attached hydrogens (tertiary/aromatic N) is 1. The van der Waals surface area contributed by atoms with Crippen molar-refractivity contribution >= 4 is 22.5 Å². The van der Waals surface area contributed by atoms with Gasteiger partial charge in [-0.1, -0.05) is 23.7 Å². The molecule has 2 saturated heterocycles. The summed E-state index contributed by atoms with van der Waals surface area (Å²) >= 11 is 6.43. The minimum atomic E-state index is 0.0129. The molecular weight excluding hydrogens is 286 g/mol. The zero-order chi connectivity index (χ0) is 14.3. The van der Waals surface area contributed by atoms with E-state index < -0.39 is 0 Å². The summed E-state index contributed by atoms with van der Waals surface area (Å²) in [4.78, 5) is 0. The fourth-order valence-electron chi connectivity index (χ4n) is 3.81. The Labute approximate surface area is 129 Å². The Hall–Kier alpha value is -1.03. The van der Waals surface area contributed by atoms with E-state index in [4.69, 9.17) is 21.1 Å². The molecular formula is C17H20ClNO2. The molecule has 21 heavy (non-hydrogen) atoms. The van der Waals surface area contributed by atoms with Crippen LogP contribution < -0.4 is 0 Å². The second-order valence-electron chi connectivity index (χ2n) is 6.19. The van der Waals surface area contributed by atoms with E-state index in [1.807, 2.05) is 12.1 Å². The van der Waals surface area contributed by atoms with Crippen molar-refractivity contribution in [2.75, 3.05) is 19.8 Å². The first-order valence-corrected chi connectivity index (χ1v) is 8.12. The van der Waals surface area contributed by atoms with Gasteiger partial charge in [-0.25, -0.2) is 0 Å². The van der Waals surface area contributed by atoms with E-state index in [0.29, 0.717) is 6.04 Å². The van der Waals surface area contributed by atoms with E-state index in [1.165, 1.54) is 5.39 Å². The van der Waals surface area contributed by atoms with Crippen LogP contribution in [0.2, 0.25) is 5.02 Å². The van der Waals surface area contributed by atoms with Gasteiger partial charge in [0.15, 0.2) is 0 Å². The molecule has 2 aliphatic rings. The van der Waals surface area contributed by atoms with Crippen molar-refractivity contribution < 1.29 is 9.47 Å². The number of ether oxygens (including phenoxy) is 2. The van der Waals surface area contributed by atoms with E-state index in [9.17, 15) is 0 Å². The Bertz CT molecular complexity index is 640. The van der Waals surface area contributed by atoms with Gasteiger partial charge in [-0.3, -0.25) is 0 Å². The first kappa shape index (κ1) is 13.6. The maximum absolute atomic E-state index is 6.43. The largest absolute Gasteiger partial charge is 0.381 e. The van der Waals surface area contributed by atoms with Gasteiger partial charge in [0.25, 0.3) is 0 Å². The zero-order valence-corrected chi connectivity index (χ0v) is 12.8. The number of benzene rings is 1. The summed E-state index contributed by atoms with van der Waals surface area (Å²) in [6.07, 6.45) is 6.31. The highest BCUT2D eigenvalue weighted by Crippen LogP contribution is 2.41. The second-order valence-corrected chi connectivity index (χ2v) is 6.60. The molecule has 2 aliphatic heterocycles. The molecule has 3 heterocycles. The monoisotopic (exact) mass is 305 g/mol. The van der Waals surface area contributed by atoms with Gasteiger partial charge in [0.1, 0.15) is 0 Å². The average molecular weight is 306 g/mol. The molecule has 0 bridgehead atoms. The molecule has 0 radical (unpaired) electrons. The molecule has 4 heteroatoms. The molecule has 0 aliphatic carbocycles. The number of aromatic nitrogens is 1. The van der Waals surface area contributed by atoms with Crippen LogP contribution >= 0.6 is 11.6 Å². The summed E-state index contributed by atoms with van der Waals surface area (Å²) in [5, 5.41) is 2.06. The van der Waals surface area contributed by atoms with E-state index in [2.05, 4.69) is 22.9 Å². The Morgan fingerprint density at radius 1 is 1.14 bits per heavy atom. The van der Waals surface area contributed by atoms with Crippen molar-refractivity contribution in [2.24, 2.45) is 0 Å². The highest BCUT2D eigenvalue weighted by molar-refractivity contribution is 6.35. The predicted octanol–water partition coefficient (Wildman–Crippen LogP) is 4.20. The quantitative estimate of drug-likeness (QED) is 0.788. The summed E-state index contributed by atoms with van der Waals surface area (Å²) in [6, 6.07) is 8.74. The van der Waals surface area contributed by atoms with Crippen LogP contribution in [0.3, 0.4) is 0 Å². The van der Waals surface area contributed by atoms with Crippen molar-refractivity contribution in [1.82, 2.24) is 4.57 Å². The van der Waals surface area contributed by atoms with Crippen LogP contribution in [0.1, 0.15) is 31.7 Å². The Morgan fingerprint density at radius 2 is 2.00 bits per heavy atom. The van der Waals surface area contributed by atoms with Crippen LogP contribution in [0.5, 0.6) is 0 Å². The Balaban J connectivity index is 1.68. The van der Waals surface area contributed by atoms with Crippen molar-refractivity contribution in [3.63, 3.8) is 0 Å². The summed E-state index contributed by atoms with van der Waals surface area (Å²) in [7, 11) is 0. The third kappa shape index (κ3) is 2.37. The number of hydrogen-bond acceptors (Lipinski definition) is 2. The average Bonchev–Trinajstić information content (AvgIpc) is 2.94. The zero-order valence-electron chi connectivity index (χ0n) is 12.1. The number of halogens is 1. The predicted molar refractivity (Wildman–Crippen MR) is 84.0 cm³/mol. The van der Waals surface area contributed by atoms with Gasteiger partial charge in [0, 0.05) is 37.4 Å². The number of rotatable bonds is 1. The van der Waals surface area contributed by atoms with Gasteiger partial charge in [0.2, 0.25) is 0 Å². The fourth-order valence-corrected chi connectivity index (χ4v) is 4.09. The summed E-state index contributed by atoms with van der Waals surface area (Å²) in [5.74, 6) is 0. The van der Waals surface area contributed by atoms with Crippen molar-refractivity contribution in [3.8, 4) is 0 Å². The summed E-state index contributed by atoms with van der Waals surface area (Å²) in [6.45, 7) is 2.47. The van der Waals surface area contributed by atoms with E-state index in [0.717, 1.165) is 56.0 Å². The topological polar surface area (TPSA) is 23.4 Å². The molecule has 1 unspecified atom stereocenters. The SMILES string of the molecule is Clc1cccc2ccn(C3CCOC4(CCOCC4)C3)c12. The Kier molecular flexibility index (Phi) is 3.44. The van der Waals surface area contributed by atoms with Crippen LogP contribution in [-0.2, 0) is 9.47 Å². The highest BCUT2D eigenvalue weighted by atomic mass is 35.5. The van der Waals surface area contributed by atoms with Gasteiger partial charge < -0.3 is 14.0 Å². The molecule has 0 amide bonds. The molecule has 2 fully saturated rings. The lowest BCUT2D eigenvalue weighted by Gasteiger charge is -2.43. The Morgan fingerprint density at radius 3 is 2.86 bits per heavy atom. The lowest BCUT2D eigenvalue weighted by Crippen LogP contribution is -2.44. The second kappa shape index (κ2) is 5.31. The lowest BCUT2D eigenvalue weighted by molar-refractivity contribution is -0.144. The van der Waals surface area contributed by atoms with Crippen molar-refractivity contribution in [3.05, 3.63) is 35.5 Å². The van der Waals surface area contributed by atoms with E-state index in [-0.39, 0.29) is 5.60 Å². The smallest absolute Gasteiger partial charge is 0.0746 e. The number of hydrogen-bond donors (Lipinski definition) is 0. The molecule has 4 rings (SSSR count). The van der Waals surface area contributed by atoms with Gasteiger partial charge in [0.05, 0.1) is 16.1 Å². The van der Waals surface area contributed by atoms with E-state index in [1.54, 1.807) is 0 Å². The van der Waals surface area contributed by atoms with Gasteiger partial charge in [-0.05, 0) is 37.8 Å². The van der Waals surface area contributed by atoms with Gasteiger partial charge >= 0.3 is 0 Å². The van der Waals surface area contributed by atoms with Gasteiger partial charge in [-0.15, -0.1) is 0 Å². The van der Waals surface area contributed by atoms with Crippen LogP contribution in [-0.4, -0.2) is 30.0 Å². The molecule has 0 saturated carbocycles. The molecule has 1 spiro atoms. The summed E-state index contributed by atoms with van der Waals surface area (Å²) < 4.78 is 14.0. The van der Waals surface area contributed by atoms with Crippen LogP contribution in [0.4, 0.5) is 0 Å². The molecule has 1 atom stereocenters. The molecule has 1 aromatic carbocycles. The minimum Gasteiger partial charge on any atom is -0.381 e. The van der Waals surface area contributed by atoms with Crippen LogP contribution in [0.15, 0.2) is 30.5 Å². The fraction of sp³-hybridized carbons (Fsp3) is 0.529. The third-order valence-corrected chi connectivity index (χ3v) is 5.26. The number of fused-ring (bicyclic) bond motifs is 1.